The van der Waals surface area contributed by atoms with Crippen molar-refractivity contribution in [3.05, 3.63) is 63.1 Å². The first-order chi connectivity index (χ1) is 15.5. The summed E-state index contributed by atoms with van der Waals surface area (Å²) >= 11 is 11.1. The minimum atomic E-state index is -4.52. The summed E-state index contributed by atoms with van der Waals surface area (Å²) in [6.07, 6.45) is -0.788. The lowest BCUT2D eigenvalue weighted by atomic mass is 9.78. The number of carbonyl (C=O) groups excluding carboxylic acids is 1. The SMILES string of the molecule is CSCCCC1(C)CN(CC(=O)Nc2cccc(Br)c2)N=C1c1ccc(C(F)(F)F)c(Cl)c1. The van der Waals surface area contributed by atoms with Gasteiger partial charge in [0.1, 0.15) is 6.54 Å². The van der Waals surface area contributed by atoms with Crippen LogP contribution in [-0.4, -0.2) is 41.7 Å². The Morgan fingerprint density at radius 2 is 2.06 bits per heavy atom. The van der Waals surface area contributed by atoms with E-state index in [1.807, 2.05) is 25.3 Å². The molecule has 178 valence electrons. The van der Waals surface area contributed by atoms with E-state index in [1.54, 1.807) is 28.9 Å². The van der Waals surface area contributed by atoms with E-state index in [2.05, 4.69) is 26.3 Å². The van der Waals surface area contributed by atoms with Gasteiger partial charge in [0.2, 0.25) is 5.91 Å². The number of alkyl halides is 3. The Bertz CT molecular complexity index is 1050. The molecule has 1 heterocycles. The van der Waals surface area contributed by atoms with Gasteiger partial charge in [0, 0.05) is 22.1 Å². The van der Waals surface area contributed by atoms with Gasteiger partial charge in [-0.05, 0) is 60.7 Å². The van der Waals surface area contributed by atoms with Gasteiger partial charge in [-0.25, -0.2) is 0 Å². The molecular weight excluding hydrogens is 539 g/mol. The van der Waals surface area contributed by atoms with E-state index in [9.17, 15) is 18.0 Å². The monoisotopic (exact) mass is 561 g/mol. The largest absolute Gasteiger partial charge is 0.417 e. The highest BCUT2D eigenvalue weighted by Crippen LogP contribution is 2.39. The maximum atomic E-state index is 13.2. The summed E-state index contributed by atoms with van der Waals surface area (Å²) in [4.78, 5) is 12.6. The minimum Gasteiger partial charge on any atom is -0.324 e. The Morgan fingerprint density at radius 1 is 1.30 bits per heavy atom. The Balaban J connectivity index is 1.83. The second-order valence-electron chi connectivity index (χ2n) is 8.18. The van der Waals surface area contributed by atoms with Crippen LogP contribution in [0.15, 0.2) is 52.0 Å². The average molecular weight is 563 g/mol. The van der Waals surface area contributed by atoms with Crippen molar-refractivity contribution in [2.24, 2.45) is 10.5 Å². The van der Waals surface area contributed by atoms with Gasteiger partial charge in [-0.3, -0.25) is 9.80 Å². The van der Waals surface area contributed by atoms with Crippen molar-refractivity contribution in [1.82, 2.24) is 5.01 Å². The predicted octanol–water partition coefficient (Wildman–Crippen LogP) is 6.93. The number of hydrogen-bond acceptors (Lipinski definition) is 4. The number of benzene rings is 2. The highest BCUT2D eigenvalue weighted by atomic mass is 79.9. The fraction of sp³-hybridized carbons (Fsp3) is 0.391. The number of anilines is 1. The highest BCUT2D eigenvalue weighted by molar-refractivity contribution is 9.10. The Kier molecular flexibility index (Phi) is 8.40. The maximum Gasteiger partial charge on any atom is 0.417 e. The van der Waals surface area contributed by atoms with Gasteiger partial charge in [-0.2, -0.15) is 30.0 Å². The zero-order valence-electron chi connectivity index (χ0n) is 18.2. The third-order valence-corrected chi connectivity index (χ3v) is 6.91. The van der Waals surface area contributed by atoms with Gasteiger partial charge in [0.25, 0.3) is 0 Å². The van der Waals surface area contributed by atoms with Gasteiger partial charge in [-0.1, -0.05) is 46.6 Å². The quantitative estimate of drug-likeness (QED) is 0.355. The summed E-state index contributed by atoms with van der Waals surface area (Å²) in [5, 5.41) is 8.82. The molecule has 0 radical (unpaired) electrons. The molecule has 1 aliphatic heterocycles. The first-order valence-corrected chi connectivity index (χ1v) is 12.8. The first kappa shape index (κ1) is 25.9. The van der Waals surface area contributed by atoms with Crippen LogP contribution < -0.4 is 5.32 Å². The van der Waals surface area contributed by atoms with E-state index < -0.39 is 17.2 Å². The zero-order valence-corrected chi connectivity index (χ0v) is 21.3. The summed E-state index contributed by atoms with van der Waals surface area (Å²) in [5.41, 5.74) is 0.550. The molecule has 0 fully saturated rings. The third-order valence-electron chi connectivity index (χ3n) is 5.40. The molecule has 2 aromatic carbocycles. The number of rotatable bonds is 8. The Hall–Kier alpha value is -1.71. The smallest absolute Gasteiger partial charge is 0.324 e. The number of hydrazone groups is 1. The van der Waals surface area contributed by atoms with Crippen molar-refractivity contribution >= 4 is 56.6 Å². The van der Waals surface area contributed by atoms with Crippen LogP contribution >= 0.6 is 39.3 Å². The van der Waals surface area contributed by atoms with Crippen molar-refractivity contribution < 1.29 is 18.0 Å². The molecule has 10 heteroatoms. The summed E-state index contributed by atoms with van der Waals surface area (Å²) < 4.78 is 40.3. The summed E-state index contributed by atoms with van der Waals surface area (Å²) in [5.74, 6) is 0.732. The number of hydrogen-bond donors (Lipinski definition) is 1. The third kappa shape index (κ3) is 6.67. The van der Waals surface area contributed by atoms with E-state index in [0.717, 1.165) is 29.1 Å². The number of nitrogens with one attached hydrogen (secondary N) is 1. The van der Waals surface area contributed by atoms with E-state index in [-0.39, 0.29) is 17.5 Å². The van der Waals surface area contributed by atoms with E-state index in [0.29, 0.717) is 23.5 Å². The van der Waals surface area contributed by atoms with Crippen LogP contribution in [0.3, 0.4) is 0 Å². The fourth-order valence-corrected chi connectivity index (χ4v) is 5.02. The van der Waals surface area contributed by atoms with Crippen molar-refractivity contribution in [3.63, 3.8) is 0 Å². The molecule has 0 bridgehead atoms. The molecule has 1 amide bonds. The number of thioether (sulfide) groups is 1. The van der Waals surface area contributed by atoms with E-state index in [4.69, 9.17) is 11.6 Å². The minimum absolute atomic E-state index is 0.0303. The summed E-state index contributed by atoms with van der Waals surface area (Å²) in [7, 11) is 0. The van der Waals surface area contributed by atoms with Crippen LogP contribution in [0.25, 0.3) is 0 Å². The lowest BCUT2D eigenvalue weighted by molar-refractivity contribution is -0.137. The molecule has 4 nitrogen and oxygen atoms in total. The van der Waals surface area contributed by atoms with Gasteiger partial charge in [0.05, 0.1) is 16.3 Å². The molecule has 1 atom stereocenters. The number of carbonyl (C=O) groups is 1. The second kappa shape index (κ2) is 10.7. The number of halogens is 5. The van der Waals surface area contributed by atoms with Crippen LogP contribution in [0.5, 0.6) is 0 Å². The zero-order chi connectivity index (χ0) is 24.2. The van der Waals surface area contributed by atoms with Crippen LogP contribution in [0, 0.1) is 5.41 Å². The lowest BCUT2D eigenvalue weighted by Crippen LogP contribution is -2.35. The van der Waals surface area contributed by atoms with Crippen LogP contribution in [-0.2, 0) is 11.0 Å². The summed E-state index contributed by atoms with van der Waals surface area (Å²) in [6.45, 7) is 2.55. The lowest BCUT2D eigenvalue weighted by Gasteiger charge is -2.27. The van der Waals surface area contributed by atoms with Crippen molar-refractivity contribution in [2.75, 3.05) is 30.4 Å². The molecule has 0 aliphatic carbocycles. The van der Waals surface area contributed by atoms with Crippen LogP contribution in [0.2, 0.25) is 5.02 Å². The van der Waals surface area contributed by atoms with Gasteiger partial charge in [-0.15, -0.1) is 0 Å². The number of nitrogens with zero attached hydrogens (tertiary/aromatic N) is 2. The van der Waals surface area contributed by atoms with Gasteiger partial charge in [0.15, 0.2) is 0 Å². The first-order valence-electron chi connectivity index (χ1n) is 10.3. The van der Waals surface area contributed by atoms with Crippen LogP contribution in [0.1, 0.15) is 30.9 Å². The van der Waals surface area contributed by atoms with Crippen molar-refractivity contribution in [3.8, 4) is 0 Å². The van der Waals surface area contributed by atoms with E-state index >= 15 is 0 Å². The number of amides is 1. The maximum absolute atomic E-state index is 13.2. The normalized spacial score (nSPS) is 18.4. The Labute approximate surface area is 209 Å². The van der Waals surface area contributed by atoms with Crippen molar-refractivity contribution in [2.45, 2.75) is 25.9 Å². The highest BCUT2D eigenvalue weighted by Gasteiger charge is 2.40. The topological polar surface area (TPSA) is 44.7 Å². The van der Waals surface area contributed by atoms with Crippen molar-refractivity contribution in [1.29, 1.82) is 0 Å². The average Bonchev–Trinajstić information content (AvgIpc) is 3.03. The fourth-order valence-electron chi connectivity index (χ4n) is 3.90. The molecule has 0 aromatic heterocycles. The van der Waals surface area contributed by atoms with Gasteiger partial charge >= 0.3 is 6.18 Å². The van der Waals surface area contributed by atoms with Crippen LogP contribution in [0.4, 0.5) is 18.9 Å². The predicted molar refractivity (Wildman–Crippen MR) is 133 cm³/mol. The molecule has 1 N–H and O–H groups in total. The van der Waals surface area contributed by atoms with E-state index in [1.165, 1.54) is 12.1 Å². The molecule has 0 saturated heterocycles. The summed E-state index contributed by atoms with van der Waals surface area (Å²) in [6, 6.07) is 11.0. The Morgan fingerprint density at radius 3 is 2.70 bits per heavy atom. The molecular formula is C23H24BrClF3N3OS. The standard InChI is InChI=1S/C23H24BrClF3N3OS/c1-22(9-4-10-33-2)14-31(13-20(32)29-17-6-3-5-16(24)12-17)30-21(22)15-7-8-18(19(25)11-15)23(26,27)28/h3,5-8,11-12H,4,9-10,13-14H2,1-2H3,(H,29,32). The molecule has 33 heavy (non-hydrogen) atoms. The molecule has 0 saturated carbocycles. The molecule has 1 aliphatic rings. The second-order valence-corrected chi connectivity index (χ2v) is 10.5. The molecule has 3 rings (SSSR count). The molecule has 2 aromatic rings. The molecule has 1 unspecified atom stereocenters. The molecule has 0 spiro atoms. The van der Waals surface area contributed by atoms with Gasteiger partial charge < -0.3 is 5.32 Å².